The van der Waals surface area contributed by atoms with Crippen LogP contribution >= 0.6 is 0 Å². The Hall–Kier alpha value is -2.00. The first-order chi connectivity index (χ1) is 32.4. The largest absolute Gasteiger partial charge is 0.469 e. The molecule has 69 heavy (non-hydrogen) atoms. The minimum atomic E-state index is -1.80. The Labute approximate surface area is 401 Å². The number of methoxy groups -OCH3 is 1. The zero-order valence-electron chi connectivity index (χ0n) is 40.3. The molecule has 0 aromatic carbocycles. The van der Waals surface area contributed by atoms with E-state index in [1.54, 1.807) is 0 Å². The van der Waals surface area contributed by atoms with Gasteiger partial charge in [-0.15, -0.1) is 0 Å². The molecule has 8 aliphatic rings. The molecule has 0 amide bonds. The summed E-state index contributed by atoms with van der Waals surface area (Å²) in [6.07, 6.45) is -18.7. The van der Waals surface area contributed by atoms with Gasteiger partial charge >= 0.3 is 11.9 Å². The second-order valence-electron chi connectivity index (χ2n) is 22.9. The Morgan fingerprint density at radius 2 is 1.26 bits per heavy atom. The molecule has 21 nitrogen and oxygen atoms in total. The van der Waals surface area contributed by atoms with Crippen molar-refractivity contribution in [2.45, 2.75) is 191 Å². The summed E-state index contributed by atoms with van der Waals surface area (Å²) in [6, 6.07) is 0. The Bertz CT molecular complexity index is 1920. The second kappa shape index (κ2) is 19.0. The highest BCUT2D eigenvalue weighted by Gasteiger charge is 2.72. The number of carbonyl (C=O) groups is 2. The third-order valence-corrected chi connectivity index (χ3v) is 19.5. The van der Waals surface area contributed by atoms with Crippen LogP contribution < -0.4 is 0 Å². The van der Waals surface area contributed by atoms with Crippen molar-refractivity contribution in [2.24, 2.45) is 50.2 Å². The molecule has 0 bridgehead atoms. The standard InChI is InChI=1S/C48H76O21/c1-43(41(61)63-6)11-13-48(42(62)69-40-36(60)33(57)30(54)25(18-50)66-40)14-12-46(4)21(22(48)15-43)7-8-28-44(2)16-23(52)37(45(3,20-51)27(44)9-10-47(28,46)5)68-38-34(58)31(55)26(19-64-38)67-39-35(59)32(56)29(53)24(17-49)65-39/h7,22-40,49-60H,8-20H2,1-6H3/t22-,23-,24+,25+,26+,27+,28+,29+,30+,31-,32-,33-,34+,35+,36+,37-,38-,39-,40-,43+,44-,45-,46+,47+,48-/m0/s1. The van der Waals surface area contributed by atoms with E-state index in [4.69, 9.17) is 33.2 Å². The monoisotopic (exact) mass is 988 g/mol. The number of aliphatic hydroxyl groups is 12. The van der Waals surface area contributed by atoms with E-state index in [0.717, 1.165) is 5.57 Å². The zero-order valence-corrected chi connectivity index (χ0v) is 40.3. The third kappa shape index (κ3) is 8.16. The first-order valence-corrected chi connectivity index (χ1v) is 24.5. The van der Waals surface area contributed by atoms with Gasteiger partial charge in [0.15, 0.2) is 12.6 Å². The van der Waals surface area contributed by atoms with Crippen LogP contribution in [-0.2, 0) is 42.7 Å². The lowest BCUT2D eigenvalue weighted by molar-refractivity contribution is -0.357. The molecular formula is C48H76O21. The van der Waals surface area contributed by atoms with Gasteiger partial charge in [0.1, 0.15) is 67.1 Å². The molecule has 3 aliphatic heterocycles. The summed E-state index contributed by atoms with van der Waals surface area (Å²) >= 11 is 0. The average Bonchev–Trinajstić information content (AvgIpc) is 3.32. The van der Waals surface area contributed by atoms with Crippen LogP contribution in [0.5, 0.6) is 0 Å². The van der Waals surface area contributed by atoms with E-state index in [2.05, 4.69) is 26.8 Å². The maximum Gasteiger partial charge on any atom is 0.315 e. The summed E-state index contributed by atoms with van der Waals surface area (Å²) in [6.45, 7) is 8.10. The van der Waals surface area contributed by atoms with Crippen LogP contribution in [0.3, 0.4) is 0 Å². The molecule has 7 fully saturated rings. The Morgan fingerprint density at radius 1 is 0.667 bits per heavy atom. The second-order valence-corrected chi connectivity index (χ2v) is 22.9. The molecule has 5 aliphatic carbocycles. The maximum atomic E-state index is 14.8. The van der Waals surface area contributed by atoms with Crippen molar-refractivity contribution in [1.29, 1.82) is 0 Å². The lowest BCUT2D eigenvalue weighted by Gasteiger charge is -2.71. The van der Waals surface area contributed by atoms with Crippen molar-refractivity contribution in [2.75, 3.05) is 33.5 Å². The van der Waals surface area contributed by atoms with Crippen LogP contribution in [0.2, 0.25) is 0 Å². The van der Waals surface area contributed by atoms with Gasteiger partial charge in [0, 0.05) is 5.41 Å². The van der Waals surface area contributed by atoms with Gasteiger partial charge in [-0.05, 0) is 98.7 Å². The van der Waals surface area contributed by atoms with Crippen molar-refractivity contribution < 1.29 is 104 Å². The van der Waals surface area contributed by atoms with Gasteiger partial charge in [-0.25, -0.2) is 0 Å². The zero-order chi connectivity index (χ0) is 50.6. The summed E-state index contributed by atoms with van der Waals surface area (Å²) in [5, 5.41) is 128. The van der Waals surface area contributed by atoms with Gasteiger partial charge in [0.25, 0.3) is 0 Å². The number of aliphatic hydroxyl groups excluding tert-OH is 12. The number of esters is 2. The van der Waals surface area contributed by atoms with Crippen molar-refractivity contribution in [3.63, 3.8) is 0 Å². The van der Waals surface area contributed by atoms with E-state index in [0.29, 0.717) is 38.5 Å². The molecule has 0 unspecified atom stereocenters. The topological polar surface area (TPSA) is 342 Å². The van der Waals surface area contributed by atoms with Gasteiger partial charge in [-0.3, -0.25) is 9.59 Å². The quantitative estimate of drug-likeness (QED) is 0.0632. The van der Waals surface area contributed by atoms with E-state index in [-0.39, 0.29) is 31.1 Å². The number of ether oxygens (including phenoxy) is 7. The summed E-state index contributed by atoms with van der Waals surface area (Å²) in [7, 11) is 1.34. The van der Waals surface area contributed by atoms with Crippen molar-refractivity contribution >= 4 is 11.9 Å². The smallest absolute Gasteiger partial charge is 0.315 e. The molecule has 21 heteroatoms. The predicted octanol–water partition coefficient (Wildman–Crippen LogP) is -2.12. The first-order valence-electron chi connectivity index (χ1n) is 24.5. The van der Waals surface area contributed by atoms with Gasteiger partial charge in [0.2, 0.25) is 6.29 Å². The minimum Gasteiger partial charge on any atom is -0.469 e. The molecule has 3 saturated heterocycles. The van der Waals surface area contributed by atoms with Gasteiger partial charge in [-0.1, -0.05) is 39.3 Å². The minimum absolute atomic E-state index is 0.0678. The van der Waals surface area contributed by atoms with Gasteiger partial charge in [0.05, 0.1) is 56.6 Å². The predicted molar refractivity (Wildman–Crippen MR) is 233 cm³/mol. The fraction of sp³-hybridized carbons (Fsp3) is 0.917. The van der Waals surface area contributed by atoms with E-state index in [1.807, 2.05) is 13.8 Å². The maximum absolute atomic E-state index is 14.8. The lowest BCUT2D eigenvalue weighted by atomic mass is 9.33. The molecule has 0 radical (unpaired) electrons. The SMILES string of the molecule is COC(=O)[C@]1(C)CC[C@]2(C(=O)O[C@@H]3O[C@H](CO)[C@@H](O)[C@H](O)[C@H]3O)CC[C@]3(C)C(=CC[C@@H]4[C@@]5(C)C[C@H](O)[C@H](O[C@@H]6OC[C@@H](O[C@@H]7O[C@H](CO)[C@@H](O)[C@H](O)[C@H]7O)[C@H](O)[C@H]6O)[C@@](C)(CO)[C@@H]5CC[C@]43C)[C@@H]2C1. The third-order valence-electron chi connectivity index (χ3n) is 19.5. The van der Waals surface area contributed by atoms with E-state index in [9.17, 15) is 70.9 Å². The number of allylic oxidation sites excluding steroid dienone is 2. The Balaban J connectivity index is 1.04. The number of fused-ring (bicyclic) bond motifs is 7. The Kier molecular flexibility index (Phi) is 14.7. The van der Waals surface area contributed by atoms with Crippen LogP contribution in [0.4, 0.5) is 0 Å². The summed E-state index contributed by atoms with van der Waals surface area (Å²) in [5.41, 5.74) is -3.81. The fourth-order valence-corrected chi connectivity index (χ4v) is 15.1. The number of hydrogen-bond donors (Lipinski definition) is 12. The van der Waals surface area contributed by atoms with Crippen molar-refractivity contribution in [3.8, 4) is 0 Å². The molecule has 0 aromatic heterocycles. The van der Waals surface area contributed by atoms with Gasteiger partial charge in [-0.2, -0.15) is 0 Å². The molecule has 25 atom stereocenters. The van der Waals surface area contributed by atoms with E-state index >= 15 is 0 Å². The van der Waals surface area contributed by atoms with E-state index in [1.165, 1.54) is 7.11 Å². The first kappa shape index (κ1) is 53.3. The summed E-state index contributed by atoms with van der Waals surface area (Å²) < 4.78 is 40.3. The van der Waals surface area contributed by atoms with Gasteiger partial charge < -0.3 is 94.4 Å². The van der Waals surface area contributed by atoms with Crippen LogP contribution in [0.25, 0.3) is 0 Å². The summed E-state index contributed by atoms with van der Waals surface area (Å²) in [4.78, 5) is 28.3. The molecule has 0 aromatic rings. The van der Waals surface area contributed by atoms with Crippen LogP contribution in [0, 0.1) is 50.2 Å². The van der Waals surface area contributed by atoms with E-state index < -0.39 is 175 Å². The molecular weight excluding hydrogens is 913 g/mol. The van der Waals surface area contributed by atoms with Crippen molar-refractivity contribution in [3.05, 3.63) is 11.6 Å². The molecule has 8 rings (SSSR count). The summed E-state index contributed by atoms with van der Waals surface area (Å²) in [5.74, 6) is -1.90. The molecule has 394 valence electrons. The Morgan fingerprint density at radius 3 is 1.87 bits per heavy atom. The molecule has 0 spiro atoms. The number of hydrogen-bond acceptors (Lipinski definition) is 21. The molecule has 12 N–H and O–H groups in total. The molecule has 3 heterocycles. The highest BCUT2D eigenvalue weighted by Crippen LogP contribution is 2.76. The van der Waals surface area contributed by atoms with Crippen LogP contribution in [0.15, 0.2) is 11.6 Å². The van der Waals surface area contributed by atoms with Crippen LogP contribution in [0.1, 0.15) is 92.4 Å². The normalized spacial score (nSPS) is 54.2. The lowest BCUT2D eigenvalue weighted by Crippen LogP contribution is -2.69. The van der Waals surface area contributed by atoms with Crippen LogP contribution in [-0.4, -0.2) is 205 Å². The highest BCUT2D eigenvalue weighted by molar-refractivity contribution is 5.81. The average molecular weight is 989 g/mol. The fourth-order valence-electron chi connectivity index (χ4n) is 15.1. The van der Waals surface area contributed by atoms with Crippen molar-refractivity contribution in [1.82, 2.24) is 0 Å². The number of rotatable bonds is 10. The number of carbonyl (C=O) groups excluding carboxylic acids is 2. The molecule has 4 saturated carbocycles. The highest BCUT2D eigenvalue weighted by atomic mass is 16.7.